The van der Waals surface area contributed by atoms with Gasteiger partial charge in [-0.1, -0.05) is 0 Å². The minimum atomic E-state index is -0.959. The SMILES string of the molecule is CS(=O)c1ccc(NC(=O)C2CC2)cc1. The molecular formula is C11H13NO2S. The zero-order valence-electron chi connectivity index (χ0n) is 8.53. The fourth-order valence-corrected chi connectivity index (χ4v) is 1.84. The lowest BCUT2D eigenvalue weighted by atomic mass is 10.3. The Balaban J connectivity index is 2.03. The van der Waals surface area contributed by atoms with Crippen LogP contribution in [0.2, 0.25) is 0 Å². The molecule has 0 aliphatic heterocycles. The van der Waals surface area contributed by atoms with E-state index < -0.39 is 10.8 Å². The molecule has 0 aromatic heterocycles. The second kappa shape index (κ2) is 4.14. The molecule has 3 nitrogen and oxygen atoms in total. The number of rotatable bonds is 3. The van der Waals surface area contributed by atoms with E-state index in [4.69, 9.17) is 0 Å². The van der Waals surface area contributed by atoms with Crippen molar-refractivity contribution in [1.82, 2.24) is 0 Å². The number of benzene rings is 1. The summed E-state index contributed by atoms with van der Waals surface area (Å²) in [6.45, 7) is 0. The monoisotopic (exact) mass is 223 g/mol. The average Bonchev–Trinajstić information content (AvgIpc) is 3.01. The Bertz CT molecular complexity index is 396. The Hall–Kier alpha value is -1.16. The van der Waals surface area contributed by atoms with Gasteiger partial charge >= 0.3 is 0 Å². The predicted molar refractivity (Wildman–Crippen MR) is 60.1 cm³/mol. The van der Waals surface area contributed by atoms with E-state index in [2.05, 4.69) is 5.32 Å². The second-order valence-corrected chi connectivity index (χ2v) is 5.12. The molecule has 1 N–H and O–H groups in total. The molecule has 1 aliphatic rings. The molecule has 0 heterocycles. The smallest absolute Gasteiger partial charge is 0.227 e. The van der Waals surface area contributed by atoms with Crippen molar-refractivity contribution in [2.75, 3.05) is 11.6 Å². The van der Waals surface area contributed by atoms with Gasteiger partial charge in [-0.05, 0) is 37.1 Å². The maximum absolute atomic E-state index is 11.4. The van der Waals surface area contributed by atoms with Gasteiger partial charge in [0.25, 0.3) is 0 Å². The number of hydrogen-bond donors (Lipinski definition) is 1. The van der Waals surface area contributed by atoms with Gasteiger partial charge < -0.3 is 5.32 Å². The van der Waals surface area contributed by atoms with Gasteiger partial charge in [-0.25, -0.2) is 0 Å². The normalized spacial score (nSPS) is 17.1. The van der Waals surface area contributed by atoms with E-state index in [9.17, 15) is 9.00 Å². The van der Waals surface area contributed by atoms with Crippen molar-refractivity contribution in [3.05, 3.63) is 24.3 Å². The lowest BCUT2D eigenvalue weighted by molar-refractivity contribution is -0.117. The highest BCUT2D eigenvalue weighted by Gasteiger charge is 2.29. The number of carbonyl (C=O) groups is 1. The highest BCUT2D eigenvalue weighted by atomic mass is 32.2. The fourth-order valence-electron chi connectivity index (χ4n) is 1.32. The van der Waals surface area contributed by atoms with E-state index in [1.165, 1.54) is 0 Å². The van der Waals surface area contributed by atoms with Crippen LogP contribution in [0.15, 0.2) is 29.2 Å². The molecule has 1 atom stereocenters. The zero-order chi connectivity index (χ0) is 10.8. The van der Waals surface area contributed by atoms with Crippen molar-refractivity contribution in [3.63, 3.8) is 0 Å². The summed E-state index contributed by atoms with van der Waals surface area (Å²) in [5, 5.41) is 2.83. The molecule has 0 saturated heterocycles. The first kappa shape index (κ1) is 10.4. The van der Waals surface area contributed by atoms with Gasteiger partial charge in [0.15, 0.2) is 0 Å². The molecule has 1 saturated carbocycles. The lowest BCUT2D eigenvalue weighted by Gasteiger charge is -2.04. The van der Waals surface area contributed by atoms with Gasteiger partial charge in [0.2, 0.25) is 5.91 Å². The predicted octanol–water partition coefficient (Wildman–Crippen LogP) is 1.77. The Labute approximate surface area is 91.3 Å². The number of carbonyl (C=O) groups excluding carboxylic acids is 1. The molecule has 0 spiro atoms. The first-order valence-corrected chi connectivity index (χ1v) is 6.47. The summed E-state index contributed by atoms with van der Waals surface area (Å²) >= 11 is 0. The van der Waals surface area contributed by atoms with E-state index in [-0.39, 0.29) is 11.8 Å². The summed E-state index contributed by atoms with van der Waals surface area (Å²) in [5.41, 5.74) is 0.779. The van der Waals surface area contributed by atoms with Gasteiger partial charge in [-0.15, -0.1) is 0 Å². The van der Waals surface area contributed by atoms with E-state index in [1.807, 2.05) is 0 Å². The van der Waals surface area contributed by atoms with Gasteiger partial charge in [0, 0.05) is 33.6 Å². The van der Waals surface area contributed by atoms with Gasteiger partial charge in [0.1, 0.15) is 0 Å². The first-order chi connectivity index (χ1) is 7.16. The van der Waals surface area contributed by atoms with Crippen LogP contribution >= 0.6 is 0 Å². The Morgan fingerprint density at radius 3 is 2.40 bits per heavy atom. The quantitative estimate of drug-likeness (QED) is 0.849. The van der Waals surface area contributed by atoms with Gasteiger partial charge in [0.05, 0.1) is 0 Å². The van der Waals surface area contributed by atoms with E-state index in [1.54, 1.807) is 30.5 Å². The molecule has 80 valence electrons. The van der Waals surface area contributed by atoms with Crippen LogP contribution in [0.3, 0.4) is 0 Å². The van der Waals surface area contributed by atoms with E-state index in [0.717, 1.165) is 23.4 Å². The molecule has 4 heteroatoms. The van der Waals surface area contributed by atoms with Crippen molar-refractivity contribution in [2.24, 2.45) is 5.92 Å². The van der Waals surface area contributed by atoms with Crippen LogP contribution in [0.1, 0.15) is 12.8 Å². The van der Waals surface area contributed by atoms with Crippen LogP contribution in [0.25, 0.3) is 0 Å². The van der Waals surface area contributed by atoms with E-state index >= 15 is 0 Å². The average molecular weight is 223 g/mol. The molecule has 1 aromatic carbocycles. The maximum Gasteiger partial charge on any atom is 0.227 e. The standard InChI is InChI=1S/C11H13NO2S/c1-15(14)10-6-4-9(5-7-10)12-11(13)8-2-3-8/h4-8H,2-3H2,1H3,(H,12,13). The molecule has 1 fully saturated rings. The molecule has 2 rings (SSSR count). The van der Waals surface area contributed by atoms with Crippen molar-refractivity contribution in [3.8, 4) is 0 Å². The van der Waals surface area contributed by atoms with Crippen LogP contribution in [0.5, 0.6) is 0 Å². The maximum atomic E-state index is 11.4. The highest BCUT2D eigenvalue weighted by Crippen LogP contribution is 2.30. The summed E-state index contributed by atoms with van der Waals surface area (Å²) in [6.07, 6.45) is 3.64. The molecule has 0 radical (unpaired) electrons. The zero-order valence-corrected chi connectivity index (χ0v) is 9.34. The van der Waals surface area contributed by atoms with Crippen LogP contribution in [-0.4, -0.2) is 16.4 Å². The van der Waals surface area contributed by atoms with Crippen LogP contribution in [0.4, 0.5) is 5.69 Å². The lowest BCUT2D eigenvalue weighted by Crippen LogP contribution is -2.13. The van der Waals surface area contributed by atoms with Gasteiger partial charge in [-0.2, -0.15) is 0 Å². The number of amides is 1. The van der Waals surface area contributed by atoms with Crippen LogP contribution in [-0.2, 0) is 15.6 Å². The van der Waals surface area contributed by atoms with Crippen molar-refractivity contribution in [1.29, 1.82) is 0 Å². The molecule has 1 aromatic rings. The van der Waals surface area contributed by atoms with Crippen molar-refractivity contribution < 1.29 is 9.00 Å². The third-order valence-electron chi connectivity index (χ3n) is 2.40. The third-order valence-corrected chi connectivity index (χ3v) is 3.34. The fraction of sp³-hybridized carbons (Fsp3) is 0.364. The topological polar surface area (TPSA) is 46.2 Å². The Kier molecular flexibility index (Phi) is 2.86. The van der Waals surface area contributed by atoms with E-state index in [0.29, 0.717) is 0 Å². The van der Waals surface area contributed by atoms with Crippen LogP contribution < -0.4 is 5.32 Å². The Morgan fingerprint density at radius 2 is 1.93 bits per heavy atom. The largest absolute Gasteiger partial charge is 0.326 e. The summed E-state index contributed by atoms with van der Waals surface area (Å²) < 4.78 is 11.1. The van der Waals surface area contributed by atoms with Crippen molar-refractivity contribution >= 4 is 22.4 Å². The summed E-state index contributed by atoms with van der Waals surface area (Å²) in [7, 11) is -0.959. The molecule has 1 amide bonds. The third kappa shape index (κ3) is 2.65. The summed E-state index contributed by atoms with van der Waals surface area (Å²) in [5.74, 6) is 0.311. The molecular weight excluding hydrogens is 210 g/mol. The number of nitrogens with one attached hydrogen (secondary N) is 1. The minimum Gasteiger partial charge on any atom is -0.326 e. The van der Waals surface area contributed by atoms with Gasteiger partial charge in [-0.3, -0.25) is 9.00 Å². The highest BCUT2D eigenvalue weighted by molar-refractivity contribution is 7.84. The molecule has 0 bridgehead atoms. The summed E-state index contributed by atoms with van der Waals surface area (Å²) in [4.78, 5) is 12.2. The Morgan fingerprint density at radius 1 is 1.33 bits per heavy atom. The summed E-state index contributed by atoms with van der Waals surface area (Å²) in [6, 6.07) is 7.13. The van der Waals surface area contributed by atoms with Crippen molar-refractivity contribution in [2.45, 2.75) is 17.7 Å². The first-order valence-electron chi connectivity index (χ1n) is 4.91. The molecule has 1 unspecified atom stereocenters. The minimum absolute atomic E-state index is 0.0976. The molecule has 15 heavy (non-hydrogen) atoms. The second-order valence-electron chi connectivity index (χ2n) is 3.74. The number of anilines is 1. The van der Waals surface area contributed by atoms with Crippen LogP contribution in [0, 0.1) is 5.92 Å². The number of hydrogen-bond acceptors (Lipinski definition) is 2. The molecule has 1 aliphatic carbocycles.